The molecule has 1 aliphatic rings. The van der Waals surface area contributed by atoms with Crippen molar-refractivity contribution in [3.8, 4) is 0 Å². The molecule has 0 spiro atoms. The summed E-state index contributed by atoms with van der Waals surface area (Å²) in [6, 6.07) is 0. The summed E-state index contributed by atoms with van der Waals surface area (Å²) >= 11 is 0. The highest BCUT2D eigenvalue weighted by Crippen LogP contribution is 1.99. The quantitative estimate of drug-likeness (QED) is 0.443. The molecule has 1 amide bonds. The molecule has 0 aromatic carbocycles. The molecule has 1 rings (SSSR count). The van der Waals surface area contributed by atoms with Crippen molar-refractivity contribution < 1.29 is 4.79 Å². The molecule has 0 bridgehead atoms. The number of nitrogens with zero attached hydrogens (tertiary/aromatic N) is 2. The van der Waals surface area contributed by atoms with Crippen molar-refractivity contribution in [3.05, 3.63) is 0 Å². The molecule has 0 aromatic heterocycles. The molecule has 2 N–H and O–H groups in total. The largest absolute Gasteiger partial charge is 0.385 e. The van der Waals surface area contributed by atoms with Crippen LogP contribution in [0.5, 0.6) is 0 Å². The van der Waals surface area contributed by atoms with Crippen LogP contribution < -0.4 is 5.73 Å². The minimum Gasteiger partial charge on any atom is -0.385 e. The van der Waals surface area contributed by atoms with Crippen LogP contribution in [0.4, 0.5) is 0 Å². The highest BCUT2D eigenvalue weighted by molar-refractivity contribution is 6.02. The Labute approximate surface area is 47.0 Å². The fourth-order valence-electron chi connectivity index (χ4n) is 0.553. The Morgan fingerprint density at radius 3 is 2.62 bits per heavy atom. The Morgan fingerprint density at radius 1 is 1.88 bits per heavy atom. The highest BCUT2D eigenvalue weighted by Gasteiger charge is 2.16. The van der Waals surface area contributed by atoms with E-state index in [4.69, 9.17) is 5.73 Å². The minimum absolute atomic E-state index is 0.0394. The second-order valence-electron chi connectivity index (χ2n) is 1.69. The standard InChI is InChI=1S/C4H7N3O/c1-7-4(8)2-3(5)6-7/h2H2,1H3,(H2,5,6). The van der Waals surface area contributed by atoms with Gasteiger partial charge in [0.05, 0.1) is 6.42 Å². The van der Waals surface area contributed by atoms with Gasteiger partial charge in [-0.25, -0.2) is 5.01 Å². The van der Waals surface area contributed by atoms with Crippen molar-refractivity contribution in [3.63, 3.8) is 0 Å². The summed E-state index contributed by atoms with van der Waals surface area (Å²) in [7, 11) is 1.59. The predicted molar refractivity (Wildman–Crippen MR) is 29.0 cm³/mol. The number of hydrazone groups is 1. The summed E-state index contributed by atoms with van der Waals surface area (Å²) in [5.74, 6) is 0.361. The van der Waals surface area contributed by atoms with Gasteiger partial charge in [0.2, 0.25) is 5.91 Å². The van der Waals surface area contributed by atoms with Crippen molar-refractivity contribution in [1.82, 2.24) is 5.01 Å². The lowest BCUT2D eigenvalue weighted by Gasteiger charge is -1.98. The predicted octanol–water partition coefficient (Wildman–Crippen LogP) is -0.879. The molecule has 0 saturated heterocycles. The zero-order chi connectivity index (χ0) is 6.15. The van der Waals surface area contributed by atoms with Gasteiger partial charge in [-0.3, -0.25) is 4.79 Å². The average Bonchev–Trinajstić information content (AvgIpc) is 1.85. The third kappa shape index (κ3) is 0.641. The Balaban J connectivity index is 2.69. The summed E-state index contributed by atoms with van der Waals surface area (Å²) < 4.78 is 0. The molecule has 1 aliphatic heterocycles. The topological polar surface area (TPSA) is 58.7 Å². The van der Waals surface area contributed by atoms with E-state index in [0.29, 0.717) is 5.84 Å². The lowest BCUT2D eigenvalue weighted by molar-refractivity contribution is -0.127. The van der Waals surface area contributed by atoms with Crippen molar-refractivity contribution in [2.75, 3.05) is 7.05 Å². The molecule has 8 heavy (non-hydrogen) atoms. The second-order valence-corrected chi connectivity index (χ2v) is 1.69. The first-order valence-electron chi connectivity index (χ1n) is 2.29. The van der Waals surface area contributed by atoms with Crippen LogP contribution in [-0.2, 0) is 4.79 Å². The van der Waals surface area contributed by atoms with Crippen LogP contribution in [0.15, 0.2) is 5.10 Å². The number of hydrogen-bond donors (Lipinski definition) is 1. The van der Waals surface area contributed by atoms with Crippen LogP contribution in [0.1, 0.15) is 6.42 Å². The number of carbonyl (C=O) groups is 1. The molecular formula is C4H7N3O. The van der Waals surface area contributed by atoms with Crippen LogP contribution in [0, 0.1) is 0 Å². The molecule has 4 nitrogen and oxygen atoms in total. The van der Waals surface area contributed by atoms with E-state index in [1.54, 1.807) is 7.05 Å². The zero-order valence-electron chi connectivity index (χ0n) is 4.59. The zero-order valence-corrected chi connectivity index (χ0v) is 4.59. The van der Waals surface area contributed by atoms with Gasteiger partial charge in [0, 0.05) is 7.05 Å². The molecule has 0 aromatic rings. The summed E-state index contributed by atoms with van der Waals surface area (Å²) in [4.78, 5) is 10.5. The van der Waals surface area contributed by atoms with Gasteiger partial charge >= 0.3 is 0 Å². The first-order valence-corrected chi connectivity index (χ1v) is 2.29. The number of hydrogen-bond acceptors (Lipinski definition) is 3. The van der Waals surface area contributed by atoms with Gasteiger partial charge < -0.3 is 5.73 Å². The summed E-state index contributed by atoms with van der Waals surface area (Å²) in [5, 5.41) is 4.89. The van der Waals surface area contributed by atoms with E-state index in [-0.39, 0.29) is 12.3 Å². The Hall–Kier alpha value is -1.06. The van der Waals surface area contributed by atoms with Crippen molar-refractivity contribution in [2.45, 2.75) is 6.42 Å². The fraction of sp³-hybridized carbons (Fsp3) is 0.500. The van der Waals surface area contributed by atoms with Crippen LogP contribution in [-0.4, -0.2) is 23.8 Å². The molecule has 44 valence electrons. The normalized spacial score (nSPS) is 19.4. The molecule has 0 fully saturated rings. The Bertz CT molecular complexity index is 151. The second kappa shape index (κ2) is 1.47. The van der Waals surface area contributed by atoms with E-state index in [9.17, 15) is 4.79 Å². The lowest BCUT2D eigenvalue weighted by atomic mass is 10.4. The number of amides is 1. The molecule has 4 heteroatoms. The Kier molecular flexibility index (Phi) is 0.932. The summed E-state index contributed by atoms with van der Waals surface area (Å²) in [6.07, 6.45) is 0.274. The van der Waals surface area contributed by atoms with Crippen LogP contribution >= 0.6 is 0 Å². The molecule has 0 radical (unpaired) electrons. The van der Waals surface area contributed by atoms with Crippen molar-refractivity contribution in [1.29, 1.82) is 0 Å². The maximum Gasteiger partial charge on any atom is 0.250 e. The summed E-state index contributed by atoms with van der Waals surface area (Å²) in [6.45, 7) is 0. The van der Waals surface area contributed by atoms with Gasteiger partial charge in [-0.05, 0) is 0 Å². The number of carbonyl (C=O) groups excluding carboxylic acids is 1. The smallest absolute Gasteiger partial charge is 0.250 e. The van der Waals surface area contributed by atoms with E-state index in [1.807, 2.05) is 0 Å². The van der Waals surface area contributed by atoms with Crippen LogP contribution in [0.25, 0.3) is 0 Å². The molecule has 0 unspecified atom stereocenters. The SMILES string of the molecule is CN1N=C(N)CC1=O. The monoisotopic (exact) mass is 113 g/mol. The van der Waals surface area contributed by atoms with Gasteiger partial charge in [-0.1, -0.05) is 0 Å². The lowest BCUT2D eigenvalue weighted by Crippen LogP contribution is -2.14. The number of rotatable bonds is 0. The van der Waals surface area contributed by atoms with Gasteiger partial charge in [0.25, 0.3) is 0 Å². The molecular weight excluding hydrogens is 106 g/mol. The van der Waals surface area contributed by atoms with E-state index in [1.165, 1.54) is 5.01 Å². The van der Waals surface area contributed by atoms with E-state index < -0.39 is 0 Å². The first-order chi connectivity index (χ1) is 3.70. The third-order valence-corrected chi connectivity index (χ3v) is 0.972. The van der Waals surface area contributed by atoms with E-state index >= 15 is 0 Å². The van der Waals surface area contributed by atoms with Gasteiger partial charge in [-0.2, -0.15) is 5.10 Å². The summed E-state index contributed by atoms with van der Waals surface area (Å²) in [5.41, 5.74) is 5.20. The van der Waals surface area contributed by atoms with Gasteiger partial charge in [-0.15, -0.1) is 0 Å². The van der Waals surface area contributed by atoms with E-state index in [2.05, 4.69) is 5.10 Å². The maximum absolute atomic E-state index is 10.5. The van der Waals surface area contributed by atoms with Gasteiger partial charge in [0.15, 0.2) is 0 Å². The maximum atomic E-state index is 10.5. The number of nitrogens with two attached hydrogens (primary N) is 1. The molecule has 1 heterocycles. The van der Waals surface area contributed by atoms with Crippen LogP contribution in [0.2, 0.25) is 0 Å². The molecule has 0 atom stereocenters. The fourth-order valence-corrected chi connectivity index (χ4v) is 0.553. The first kappa shape index (κ1) is 5.08. The molecule has 0 aliphatic carbocycles. The molecule has 0 saturated carbocycles. The van der Waals surface area contributed by atoms with E-state index in [0.717, 1.165) is 0 Å². The highest BCUT2D eigenvalue weighted by atomic mass is 16.2. The average molecular weight is 113 g/mol. The van der Waals surface area contributed by atoms with Crippen LogP contribution in [0.3, 0.4) is 0 Å². The minimum atomic E-state index is -0.0394. The van der Waals surface area contributed by atoms with Gasteiger partial charge in [0.1, 0.15) is 5.84 Å². The van der Waals surface area contributed by atoms with Crippen molar-refractivity contribution in [2.24, 2.45) is 10.8 Å². The Morgan fingerprint density at radius 2 is 2.50 bits per heavy atom. The van der Waals surface area contributed by atoms with Crippen molar-refractivity contribution >= 4 is 11.7 Å². The number of amidine groups is 1. The third-order valence-electron chi connectivity index (χ3n) is 0.972.